The summed E-state index contributed by atoms with van der Waals surface area (Å²) in [5, 5.41) is 8.67. The Morgan fingerprint density at radius 1 is 1.19 bits per heavy atom. The Morgan fingerprint density at radius 2 is 1.86 bits per heavy atom. The number of aliphatic hydroxyl groups excluding tert-OH is 1. The number of aliphatic hydroxyl groups is 1. The van der Waals surface area contributed by atoms with Crippen LogP contribution in [0.1, 0.15) is 32.1 Å². The number of hydrogen-bond donors (Lipinski definition) is 2. The van der Waals surface area contributed by atoms with E-state index in [1.54, 1.807) is 12.1 Å². The van der Waals surface area contributed by atoms with Crippen molar-refractivity contribution >= 4 is 10.0 Å². The molecule has 1 aromatic rings. The normalized spacial score (nSPS) is 16.2. The molecule has 1 aliphatic rings. The van der Waals surface area contributed by atoms with Crippen molar-refractivity contribution in [2.24, 2.45) is 5.92 Å². The van der Waals surface area contributed by atoms with Crippen LogP contribution >= 0.6 is 0 Å². The van der Waals surface area contributed by atoms with Crippen molar-refractivity contribution in [2.75, 3.05) is 19.8 Å². The van der Waals surface area contributed by atoms with Crippen LogP contribution in [0.2, 0.25) is 0 Å². The molecule has 2 N–H and O–H groups in total. The van der Waals surface area contributed by atoms with Crippen LogP contribution < -0.4 is 9.46 Å². The van der Waals surface area contributed by atoms with Gasteiger partial charge in [0.1, 0.15) is 12.4 Å². The molecule has 5 nitrogen and oxygen atoms in total. The quantitative estimate of drug-likeness (QED) is 0.769. The second-order valence-corrected chi connectivity index (χ2v) is 7.15. The molecule has 1 fully saturated rings. The minimum Gasteiger partial charge on any atom is -0.491 e. The molecule has 6 heteroatoms. The van der Waals surface area contributed by atoms with E-state index in [-0.39, 0.29) is 18.1 Å². The van der Waals surface area contributed by atoms with E-state index in [1.165, 1.54) is 37.8 Å². The standard InChI is InChI=1S/C15H23NO4S/c17-11-12-20-14-5-7-15(8-6-14)21(18,19)16-10-9-13-3-1-2-4-13/h5-8,13,16-17H,1-4,9-12H2. The first-order valence-electron chi connectivity index (χ1n) is 7.45. The van der Waals surface area contributed by atoms with E-state index < -0.39 is 10.0 Å². The molecule has 0 unspecified atom stereocenters. The molecule has 118 valence electrons. The fourth-order valence-corrected chi connectivity index (χ4v) is 3.71. The van der Waals surface area contributed by atoms with E-state index in [0.717, 1.165) is 6.42 Å². The van der Waals surface area contributed by atoms with Crippen molar-refractivity contribution in [1.82, 2.24) is 4.72 Å². The Hall–Kier alpha value is -1.11. The van der Waals surface area contributed by atoms with Crippen LogP contribution in [-0.2, 0) is 10.0 Å². The summed E-state index contributed by atoms with van der Waals surface area (Å²) in [6.45, 7) is 0.629. The lowest BCUT2D eigenvalue weighted by atomic mass is 10.1. The largest absolute Gasteiger partial charge is 0.491 e. The maximum atomic E-state index is 12.1. The second-order valence-electron chi connectivity index (χ2n) is 5.38. The highest BCUT2D eigenvalue weighted by Gasteiger charge is 2.17. The molecule has 0 aliphatic heterocycles. The van der Waals surface area contributed by atoms with Gasteiger partial charge in [0.2, 0.25) is 10.0 Å². The molecule has 0 aromatic heterocycles. The van der Waals surface area contributed by atoms with Crippen molar-refractivity contribution < 1.29 is 18.3 Å². The Balaban J connectivity index is 1.85. The molecule has 1 saturated carbocycles. The number of hydrogen-bond acceptors (Lipinski definition) is 4. The second kappa shape index (κ2) is 7.77. The monoisotopic (exact) mass is 313 g/mol. The summed E-state index contributed by atoms with van der Waals surface area (Å²) in [7, 11) is -3.44. The zero-order valence-corrected chi connectivity index (χ0v) is 12.9. The third-order valence-corrected chi connectivity index (χ3v) is 5.29. The Morgan fingerprint density at radius 3 is 2.48 bits per heavy atom. The summed E-state index contributed by atoms with van der Waals surface area (Å²) in [4.78, 5) is 0.241. The first-order valence-corrected chi connectivity index (χ1v) is 8.93. The van der Waals surface area contributed by atoms with Gasteiger partial charge in [-0.1, -0.05) is 25.7 Å². The number of rotatable bonds is 8. The van der Waals surface area contributed by atoms with Crippen LogP contribution in [0.5, 0.6) is 5.75 Å². The van der Waals surface area contributed by atoms with E-state index in [9.17, 15) is 8.42 Å². The summed E-state index contributed by atoms with van der Waals surface area (Å²) in [5.74, 6) is 1.22. The topological polar surface area (TPSA) is 75.6 Å². The predicted octanol–water partition coefficient (Wildman–Crippen LogP) is 1.92. The lowest BCUT2D eigenvalue weighted by molar-refractivity contribution is 0.201. The van der Waals surface area contributed by atoms with Gasteiger partial charge in [-0.15, -0.1) is 0 Å². The molecule has 0 amide bonds. The van der Waals surface area contributed by atoms with Gasteiger partial charge in [-0.3, -0.25) is 0 Å². The summed E-state index contributed by atoms with van der Waals surface area (Å²) in [5.41, 5.74) is 0. The molecule has 0 atom stereocenters. The van der Waals surface area contributed by atoms with Gasteiger partial charge in [0.25, 0.3) is 0 Å². The van der Waals surface area contributed by atoms with Crippen LogP contribution in [0.4, 0.5) is 0 Å². The predicted molar refractivity (Wildman–Crippen MR) is 80.8 cm³/mol. The van der Waals surface area contributed by atoms with Crippen molar-refractivity contribution in [3.8, 4) is 5.75 Å². The highest BCUT2D eigenvalue weighted by molar-refractivity contribution is 7.89. The first kappa shape index (κ1) is 16.3. The Kier molecular flexibility index (Phi) is 6.02. The van der Waals surface area contributed by atoms with Gasteiger partial charge < -0.3 is 9.84 Å². The lowest BCUT2D eigenvalue weighted by Crippen LogP contribution is -2.25. The number of benzene rings is 1. The van der Waals surface area contributed by atoms with E-state index in [2.05, 4.69) is 4.72 Å². The van der Waals surface area contributed by atoms with Gasteiger partial charge in [-0.2, -0.15) is 0 Å². The third kappa shape index (κ3) is 4.98. The van der Waals surface area contributed by atoms with Crippen molar-refractivity contribution in [3.05, 3.63) is 24.3 Å². The molecular weight excluding hydrogens is 290 g/mol. The van der Waals surface area contributed by atoms with E-state index in [4.69, 9.17) is 9.84 Å². The molecule has 0 radical (unpaired) electrons. The zero-order chi connectivity index (χ0) is 15.1. The van der Waals surface area contributed by atoms with Gasteiger partial charge in [-0.05, 0) is 36.6 Å². The smallest absolute Gasteiger partial charge is 0.240 e. The van der Waals surface area contributed by atoms with E-state index in [0.29, 0.717) is 18.2 Å². The minimum atomic E-state index is -3.44. The van der Waals surface area contributed by atoms with E-state index in [1.807, 2.05) is 0 Å². The summed E-state index contributed by atoms with van der Waals surface area (Å²) in [6, 6.07) is 6.23. The lowest BCUT2D eigenvalue weighted by Gasteiger charge is -2.11. The maximum absolute atomic E-state index is 12.1. The highest BCUT2D eigenvalue weighted by atomic mass is 32.2. The first-order chi connectivity index (χ1) is 10.1. The molecule has 0 bridgehead atoms. The van der Waals surface area contributed by atoms with Crippen molar-refractivity contribution in [2.45, 2.75) is 37.0 Å². The summed E-state index contributed by atoms with van der Waals surface area (Å²) in [6.07, 6.45) is 5.90. The zero-order valence-electron chi connectivity index (χ0n) is 12.1. The third-order valence-electron chi connectivity index (χ3n) is 3.81. The molecular formula is C15H23NO4S. The average molecular weight is 313 g/mol. The van der Waals surface area contributed by atoms with Crippen molar-refractivity contribution in [1.29, 1.82) is 0 Å². The SMILES string of the molecule is O=S(=O)(NCCC1CCCC1)c1ccc(OCCO)cc1. The molecule has 1 aliphatic carbocycles. The Labute approximate surface area is 126 Å². The van der Waals surface area contributed by atoms with E-state index >= 15 is 0 Å². The Bertz CT molecular complexity index is 521. The number of sulfonamides is 1. The average Bonchev–Trinajstić information content (AvgIpc) is 2.98. The van der Waals surface area contributed by atoms with Crippen molar-refractivity contribution in [3.63, 3.8) is 0 Å². The van der Waals surface area contributed by atoms with Crippen LogP contribution in [0, 0.1) is 5.92 Å². The van der Waals surface area contributed by atoms with Gasteiger partial charge in [0.15, 0.2) is 0 Å². The number of nitrogens with one attached hydrogen (secondary N) is 1. The van der Waals surface area contributed by atoms with Crippen LogP contribution in [0.3, 0.4) is 0 Å². The molecule has 0 heterocycles. The highest BCUT2D eigenvalue weighted by Crippen LogP contribution is 2.27. The molecule has 2 rings (SSSR count). The maximum Gasteiger partial charge on any atom is 0.240 e. The van der Waals surface area contributed by atoms with Crippen LogP contribution in [0.15, 0.2) is 29.2 Å². The van der Waals surface area contributed by atoms with Gasteiger partial charge in [0.05, 0.1) is 11.5 Å². The molecule has 21 heavy (non-hydrogen) atoms. The minimum absolute atomic E-state index is 0.0667. The molecule has 0 saturated heterocycles. The fourth-order valence-electron chi connectivity index (χ4n) is 2.66. The summed E-state index contributed by atoms with van der Waals surface area (Å²) >= 11 is 0. The number of ether oxygens (including phenoxy) is 1. The van der Waals surface area contributed by atoms with Gasteiger partial charge >= 0.3 is 0 Å². The van der Waals surface area contributed by atoms with Gasteiger partial charge in [0, 0.05) is 6.54 Å². The molecule has 1 aromatic carbocycles. The van der Waals surface area contributed by atoms with Gasteiger partial charge in [-0.25, -0.2) is 13.1 Å². The molecule has 0 spiro atoms. The van der Waals surface area contributed by atoms with Crippen LogP contribution in [0.25, 0.3) is 0 Å². The fraction of sp³-hybridized carbons (Fsp3) is 0.600. The van der Waals surface area contributed by atoms with Crippen LogP contribution in [-0.4, -0.2) is 33.3 Å². The summed E-state index contributed by atoms with van der Waals surface area (Å²) < 4.78 is 32.1.